The van der Waals surface area contributed by atoms with Crippen LogP contribution in [0.4, 0.5) is 21.0 Å². The summed E-state index contributed by atoms with van der Waals surface area (Å²) in [5.74, 6) is 0.342. The molecule has 6 nitrogen and oxygen atoms in total. The van der Waals surface area contributed by atoms with Gasteiger partial charge in [-0.25, -0.2) is 9.59 Å². The number of anilines is 2. The molecule has 0 fully saturated rings. The molecule has 0 radical (unpaired) electrons. The number of ether oxygens (including phenoxy) is 2. The molecular formula is C18H20N2O4. The lowest BCUT2D eigenvalue weighted by atomic mass is 10.1. The number of amides is 2. The van der Waals surface area contributed by atoms with Gasteiger partial charge in [0.2, 0.25) is 0 Å². The van der Waals surface area contributed by atoms with E-state index in [0.717, 1.165) is 16.8 Å². The number of hydrogen-bond acceptors (Lipinski definition) is 4. The SMILES string of the molecule is CCOC(=O)Oc1ccc(NC(=O)Nc2cc(C)ccc2C)cc1. The smallest absolute Gasteiger partial charge is 0.434 e. The topological polar surface area (TPSA) is 76.7 Å². The monoisotopic (exact) mass is 328 g/mol. The number of benzene rings is 2. The number of aryl methyl sites for hydroxylation is 2. The molecule has 0 unspecified atom stereocenters. The molecule has 0 atom stereocenters. The van der Waals surface area contributed by atoms with Gasteiger partial charge in [0, 0.05) is 11.4 Å². The molecule has 0 aliphatic carbocycles. The highest BCUT2D eigenvalue weighted by Crippen LogP contribution is 2.19. The summed E-state index contributed by atoms with van der Waals surface area (Å²) in [6.07, 6.45) is -0.758. The molecule has 0 spiro atoms. The zero-order valence-corrected chi connectivity index (χ0v) is 13.9. The lowest BCUT2D eigenvalue weighted by Crippen LogP contribution is -2.20. The minimum atomic E-state index is -0.758. The van der Waals surface area contributed by atoms with E-state index in [1.165, 1.54) is 0 Å². The summed E-state index contributed by atoms with van der Waals surface area (Å²) in [4.78, 5) is 23.3. The van der Waals surface area contributed by atoms with Crippen molar-refractivity contribution in [3.05, 3.63) is 53.6 Å². The maximum atomic E-state index is 12.1. The van der Waals surface area contributed by atoms with Crippen LogP contribution in [-0.2, 0) is 4.74 Å². The minimum Gasteiger partial charge on any atom is -0.434 e. The van der Waals surface area contributed by atoms with E-state index >= 15 is 0 Å². The van der Waals surface area contributed by atoms with Gasteiger partial charge in [-0.15, -0.1) is 0 Å². The molecule has 6 heteroatoms. The lowest BCUT2D eigenvalue weighted by Gasteiger charge is -2.11. The third-order valence-corrected chi connectivity index (χ3v) is 3.22. The van der Waals surface area contributed by atoms with Gasteiger partial charge >= 0.3 is 12.2 Å². The molecule has 2 aromatic carbocycles. The van der Waals surface area contributed by atoms with Gasteiger partial charge in [-0.1, -0.05) is 12.1 Å². The van der Waals surface area contributed by atoms with Gasteiger partial charge in [0.05, 0.1) is 6.61 Å². The Balaban J connectivity index is 1.94. The molecule has 2 rings (SSSR count). The Kier molecular flexibility index (Phi) is 5.78. The van der Waals surface area contributed by atoms with E-state index in [0.29, 0.717) is 11.4 Å². The van der Waals surface area contributed by atoms with Gasteiger partial charge in [-0.2, -0.15) is 0 Å². The first-order valence-electron chi connectivity index (χ1n) is 7.58. The first-order valence-corrected chi connectivity index (χ1v) is 7.58. The van der Waals surface area contributed by atoms with Crippen molar-refractivity contribution in [3.63, 3.8) is 0 Å². The summed E-state index contributed by atoms with van der Waals surface area (Å²) in [5.41, 5.74) is 3.38. The Morgan fingerprint density at radius 1 is 1.00 bits per heavy atom. The fourth-order valence-corrected chi connectivity index (χ4v) is 2.01. The molecule has 24 heavy (non-hydrogen) atoms. The molecule has 0 aromatic heterocycles. The van der Waals surface area contributed by atoms with Crippen molar-refractivity contribution >= 4 is 23.6 Å². The highest BCUT2D eigenvalue weighted by Gasteiger charge is 2.07. The predicted molar refractivity (Wildman–Crippen MR) is 92.6 cm³/mol. The predicted octanol–water partition coefficient (Wildman–Crippen LogP) is 4.48. The Morgan fingerprint density at radius 3 is 2.38 bits per heavy atom. The van der Waals surface area contributed by atoms with Crippen LogP contribution < -0.4 is 15.4 Å². The number of carbonyl (C=O) groups is 2. The number of hydrogen-bond donors (Lipinski definition) is 2. The zero-order chi connectivity index (χ0) is 17.5. The van der Waals surface area contributed by atoms with E-state index in [4.69, 9.17) is 4.74 Å². The average molecular weight is 328 g/mol. The molecule has 2 aromatic rings. The maximum Gasteiger partial charge on any atom is 0.513 e. The molecule has 0 heterocycles. The van der Waals surface area contributed by atoms with Crippen molar-refractivity contribution in [1.29, 1.82) is 0 Å². The first kappa shape index (κ1) is 17.3. The van der Waals surface area contributed by atoms with Crippen LogP contribution in [0.3, 0.4) is 0 Å². The number of rotatable bonds is 4. The zero-order valence-electron chi connectivity index (χ0n) is 13.9. The third-order valence-electron chi connectivity index (χ3n) is 3.22. The fourth-order valence-electron chi connectivity index (χ4n) is 2.01. The third kappa shape index (κ3) is 5.01. The summed E-state index contributed by atoms with van der Waals surface area (Å²) in [7, 11) is 0. The van der Waals surface area contributed by atoms with Gasteiger partial charge in [-0.3, -0.25) is 0 Å². The molecule has 0 aliphatic rings. The van der Waals surface area contributed by atoms with Gasteiger partial charge in [0.1, 0.15) is 5.75 Å². The minimum absolute atomic E-state index is 0.247. The van der Waals surface area contributed by atoms with Crippen molar-refractivity contribution < 1.29 is 19.1 Å². The normalized spacial score (nSPS) is 9.96. The Labute approximate surface area is 140 Å². The standard InChI is InChI=1S/C18H20N2O4/c1-4-23-18(22)24-15-9-7-14(8-10-15)19-17(21)20-16-11-12(2)5-6-13(16)3/h5-11H,4H2,1-3H3,(H2,19,20,21). The second kappa shape index (κ2) is 8.01. The number of urea groups is 1. The largest absolute Gasteiger partial charge is 0.513 e. The average Bonchev–Trinajstić information content (AvgIpc) is 2.53. The molecule has 2 N–H and O–H groups in total. The summed E-state index contributed by atoms with van der Waals surface area (Å²) in [6.45, 7) is 5.83. The molecule has 126 valence electrons. The van der Waals surface area contributed by atoms with Crippen LogP contribution in [0.15, 0.2) is 42.5 Å². The van der Waals surface area contributed by atoms with Gasteiger partial charge in [0.15, 0.2) is 0 Å². The molecule has 0 bridgehead atoms. The van der Waals surface area contributed by atoms with Crippen molar-refractivity contribution in [1.82, 2.24) is 0 Å². The van der Waals surface area contributed by atoms with Gasteiger partial charge in [-0.05, 0) is 62.2 Å². The van der Waals surface area contributed by atoms with Crippen molar-refractivity contribution in [2.75, 3.05) is 17.2 Å². The molecule has 0 saturated heterocycles. The summed E-state index contributed by atoms with van der Waals surface area (Å²) >= 11 is 0. The second-order valence-corrected chi connectivity index (χ2v) is 5.21. The van der Waals surface area contributed by atoms with Crippen LogP contribution in [0.2, 0.25) is 0 Å². The van der Waals surface area contributed by atoms with Crippen LogP contribution in [0.25, 0.3) is 0 Å². The van der Waals surface area contributed by atoms with Crippen LogP contribution in [0, 0.1) is 13.8 Å². The van der Waals surface area contributed by atoms with Crippen LogP contribution >= 0.6 is 0 Å². The molecule has 2 amide bonds. The fraction of sp³-hybridized carbons (Fsp3) is 0.222. The highest BCUT2D eigenvalue weighted by molar-refractivity contribution is 6.00. The van der Waals surface area contributed by atoms with Crippen LogP contribution in [0.1, 0.15) is 18.1 Å². The highest BCUT2D eigenvalue weighted by atomic mass is 16.7. The van der Waals surface area contributed by atoms with Crippen molar-refractivity contribution in [2.45, 2.75) is 20.8 Å². The quantitative estimate of drug-likeness (QED) is 0.641. The first-order chi connectivity index (χ1) is 11.5. The van der Waals surface area contributed by atoms with E-state index in [-0.39, 0.29) is 12.6 Å². The van der Waals surface area contributed by atoms with E-state index in [2.05, 4.69) is 15.4 Å². The van der Waals surface area contributed by atoms with Crippen LogP contribution in [-0.4, -0.2) is 18.8 Å². The van der Waals surface area contributed by atoms with E-state index < -0.39 is 6.16 Å². The van der Waals surface area contributed by atoms with Gasteiger partial charge in [0.25, 0.3) is 0 Å². The maximum absolute atomic E-state index is 12.1. The summed E-state index contributed by atoms with van der Waals surface area (Å²) < 4.78 is 9.64. The number of carbonyl (C=O) groups excluding carboxylic acids is 2. The summed E-state index contributed by atoms with van der Waals surface area (Å²) in [5, 5.41) is 5.53. The molecular weight excluding hydrogens is 308 g/mol. The van der Waals surface area contributed by atoms with E-state index in [1.807, 2.05) is 32.0 Å². The number of nitrogens with one attached hydrogen (secondary N) is 2. The Morgan fingerprint density at radius 2 is 1.71 bits per heavy atom. The second-order valence-electron chi connectivity index (χ2n) is 5.21. The van der Waals surface area contributed by atoms with E-state index in [9.17, 15) is 9.59 Å². The van der Waals surface area contributed by atoms with Gasteiger partial charge < -0.3 is 20.1 Å². The van der Waals surface area contributed by atoms with Crippen molar-refractivity contribution in [3.8, 4) is 5.75 Å². The molecule has 0 saturated carbocycles. The van der Waals surface area contributed by atoms with Crippen molar-refractivity contribution in [2.24, 2.45) is 0 Å². The Bertz CT molecular complexity index is 726. The Hall–Kier alpha value is -3.02. The summed E-state index contributed by atoms with van der Waals surface area (Å²) in [6, 6.07) is 11.9. The van der Waals surface area contributed by atoms with Crippen LogP contribution in [0.5, 0.6) is 5.75 Å². The van der Waals surface area contributed by atoms with E-state index in [1.54, 1.807) is 31.2 Å². The lowest BCUT2D eigenvalue weighted by molar-refractivity contribution is 0.104. The molecule has 0 aliphatic heterocycles.